The zero-order valence-corrected chi connectivity index (χ0v) is 63.3. The van der Waals surface area contributed by atoms with Gasteiger partial charge in [0.2, 0.25) is 5.91 Å². The summed E-state index contributed by atoms with van der Waals surface area (Å²) in [6, 6.07) is -0.540. The van der Waals surface area contributed by atoms with Gasteiger partial charge in [-0.15, -0.1) is 0 Å². The predicted molar refractivity (Wildman–Crippen MR) is 412 cm³/mol. The van der Waals surface area contributed by atoms with E-state index in [1.165, 1.54) is 398 Å². The quantitative estimate of drug-likeness (QED) is 0.0320. The molecule has 6 nitrogen and oxygen atoms in total. The van der Waals surface area contributed by atoms with E-state index in [1.807, 2.05) is 0 Å². The van der Waals surface area contributed by atoms with Gasteiger partial charge in [-0.1, -0.05) is 423 Å². The van der Waals surface area contributed by atoms with Crippen LogP contribution in [0.5, 0.6) is 0 Å². The van der Waals surface area contributed by atoms with Crippen molar-refractivity contribution in [1.82, 2.24) is 5.32 Å². The van der Waals surface area contributed by atoms with Crippen LogP contribution < -0.4 is 5.32 Å². The molecule has 0 saturated heterocycles. The molecule has 0 radical (unpaired) electrons. The standard InChI is InChI=1S/C87H167NO5/c1-3-5-7-9-11-13-15-17-19-21-22-23-39-42-45-48-51-55-59-63-67-71-75-79-85(90)84(83-89)88-86(91)80-76-72-68-64-60-56-52-49-46-43-40-37-35-33-31-29-27-25-24-26-28-30-32-34-36-38-41-44-47-50-54-58-62-66-70-74-78-82-93-87(92)81-77-73-69-65-61-57-53-20-18-16-14-12-10-8-6-4-2/h14,16,20,24,26,53,84-85,89-90H,3-13,15,17-19,21-23,25,27-52,54-83H2,1-2H3,(H,88,91)/b16-14-,26-24-,53-20-. The Labute approximate surface area is 583 Å². The minimum Gasteiger partial charge on any atom is -0.466 e. The highest BCUT2D eigenvalue weighted by molar-refractivity contribution is 5.76. The first-order chi connectivity index (χ1) is 46.0. The van der Waals surface area contributed by atoms with Crippen LogP contribution in [0.2, 0.25) is 0 Å². The van der Waals surface area contributed by atoms with Gasteiger partial charge in [0, 0.05) is 12.8 Å². The molecular weight excluding hydrogens is 1140 g/mol. The van der Waals surface area contributed by atoms with E-state index in [-0.39, 0.29) is 18.5 Å². The van der Waals surface area contributed by atoms with E-state index in [1.54, 1.807) is 0 Å². The fourth-order valence-corrected chi connectivity index (χ4v) is 13.7. The maximum absolute atomic E-state index is 12.6. The first kappa shape index (κ1) is 91.1. The van der Waals surface area contributed by atoms with Gasteiger partial charge >= 0.3 is 5.97 Å². The van der Waals surface area contributed by atoms with Crippen LogP contribution in [0.4, 0.5) is 0 Å². The first-order valence-corrected chi connectivity index (χ1v) is 42.7. The zero-order valence-electron chi connectivity index (χ0n) is 63.3. The lowest BCUT2D eigenvalue weighted by Gasteiger charge is -2.22. The van der Waals surface area contributed by atoms with E-state index in [2.05, 4.69) is 55.6 Å². The van der Waals surface area contributed by atoms with Gasteiger partial charge in [-0.2, -0.15) is 0 Å². The van der Waals surface area contributed by atoms with Crippen molar-refractivity contribution in [3.05, 3.63) is 36.5 Å². The average Bonchev–Trinajstić information content (AvgIpc) is 3.78. The van der Waals surface area contributed by atoms with Gasteiger partial charge in [-0.05, 0) is 83.5 Å². The van der Waals surface area contributed by atoms with Crippen LogP contribution in [-0.2, 0) is 14.3 Å². The van der Waals surface area contributed by atoms with Gasteiger partial charge in [0.15, 0.2) is 0 Å². The van der Waals surface area contributed by atoms with Crippen LogP contribution in [0.3, 0.4) is 0 Å². The second-order valence-corrected chi connectivity index (χ2v) is 29.5. The van der Waals surface area contributed by atoms with Crippen LogP contribution in [0.15, 0.2) is 36.5 Å². The largest absolute Gasteiger partial charge is 0.466 e. The van der Waals surface area contributed by atoms with Gasteiger partial charge < -0.3 is 20.3 Å². The molecule has 2 atom stereocenters. The van der Waals surface area contributed by atoms with E-state index in [9.17, 15) is 19.8 Å². The van der Waals surface area contributed by atoms with Crippen LogP contribution >= 0.6 is 0 Å². The van der Waals surface area contributed by atoms with Gasteiger partial charge in [0.05, 0.1) is 25.4 Å². The van der Waals surface area contributed by atoms with Crippen LogP contribution in [-0.4, -0.2) is 47.4 Å². The Bertz CT molecular complexity index is 1510. The topological polar surface area (TPSA) is 95.9 Å². The molecule has 6 heteroatoms. The fourth-order valence-electron chi connectivity index (χ4n) is 13.7. The molecule has 93 heavy (non-hydrogen) atoms. The summed E-state index contributed by atoms with van der Waals surface area (Å²) in [5.41, 5.74) is 0. The Balaban J connectivity index is 3.34. The Kier molecular flexibility index (Phi) is 80.8. The van der Waals surface area contributed by atoms with Crippen molar-refractivity contribution in [3.63, 3.8) is 0 Å². The van der Waals surface area contributed by atoms with E-state index >= 15 is 0 Å². The molecule has 0 heterocycles. The predicted octanol–water partition coefficient (Wildman–Crippen LogP) is 28.6. The third kappa shape index (κ3) is 79.0. The molecule has 550 valence electrons. The van der Waals surface area contributed by atoms with Crippen molar-refractivity contribution in [1.29, 1.82) is 0 Å². The summed E-state index contributed by atoms with van der Waals surface area (Å²) in [5.74, 6) is -0.0164. The molecule has 0 aromatic rings. The molecular formula is C87H167NO5. The number of hydrogen-bond acceptors (Lipinski definition) is 5. The molecule has 0 aliphatic rings. The average molecular weight is 1310 g/mol. The number of hydrogen-bond donors (Lipinski definition) is 3. The number of rotatable bonds is 81. The number of esters is 1. The number of nitrogens with one attached hydrogen (secondary N) is 1. The third-order valence-corrected chi connectivity index (χ3v) is 20.2. The summed E-state index contributed by atoms with van der Waals surface area (Å²) < 4.78 is 5.50. The summed E-state index contributed by atoms with van der Waals surface area (Å²) in [6.07, 6.45) is 108. The number of amides is 1. The number of aliphatic hydroxyl groups excluding tert-OH is 2. The highest BCUT2D eigenvalue weighted by Gasteiger charge is 2.20. The Morgan fingerprint density at radius 2 is 0.538 bits per heavy atom. The second kappa shape index (κ2) is 82.5. The fraction of sp³-hybridized carbons (Fsp3) is 0.908. The molecule has 0 aliphatic carbocycles. The van der Waals surface area contributed by atoms with Crippen molar-refractivity contribution in [2.45, 2.75) is 495 Å². The van der Waals surface area contributed by atoms with E-state index in [4.69, 9.17) is 4.74 Å². The van der Waals surface area contributed by atoms with Crippen LogP contribution in [0.25, 0.3) is 0 Å². The van der Waals surface area contributed by atoms with Crippen LogP contribution in [0.1, 0.15) is 483 Å². The van der Waals surface area contributed by atoms with E-state index in [0.717, 1.165) is 51.4 Å². The number of allylic oxidation sites excluding steroid dienone is 6. The monoisotopic (exact) mass is 1310 g/mol. The molecule has 0 aliphatic heterocycles. The molecule has 2 unspecified atom stereocenters. The Morgan fingerprint density at radius 3 is 0.839 bits per heavy atom. The van der Waals surface area contributed by atoms with Crippen molar-refractivity contribution >= 4 is 11.9 Å². The lowest BCUT2D eigenvalue weighted by Crippen LogP contribution is -2.45. The van der Waals surface area contributed by atoms with E-state index in [0.29, 0.717) is 25.9 Å². The third-order valence-electron chi connectivity index (χ3n) is 20.2. The molecule has 0 saturated carbocycles. The summed E-state index contributed by atoms with van der Waals surface area (Å²) in [6.45, 7) is 4.98. The molecule has 0 fully saturated rings. The molecule has 0 aromatic carbocycles. The minimum atomic E-state index is -0.663. The van der Waals surface area contributed by atoms with Gasteiger partial charge in [-0.25, -0.2) is 0 Å². The number of ether oxygens (including phenoxy) is 1. The van der Waals surface area contributed by atoms with Crippen molar-refractivity contribution in [2.24, 2.45) is 0 Å². The zero-order chi connectivity index (χ0) is 67.0. The molecule has 0 bridgehead atoms. The van der Waals surface area contributed by atoms with Gasteiger partial charge in [0.25, 0.3) is 0 Å². The first-order valence-electron chi connectivity index (χ1n) is 42.7. The van der Waals surface area contributed by atoms with E-state index < -0.39 is 12.1 Å². The smallest absolute Gasteiger partial charge is 0.305 e. The number of aliphatic hydroxyl groups is 2. The molecule has 3 N–H and O–H groups in total. The van der Waals surface area contributed by atoms with Gasteiger partial charge in [-0.3, -0.25) is 9.59 Å². The SMILES string of the molecule is CCCCCC/C=C\C/C=C\CCCCCCCC(=O)OCCCCCCCCCCCCCCCCCC/C=C\CCCCCCCCCCCCCCCCCCCC(=O)NC(CO)C(O)CCCCCCCCCCCCCCCCCCCCCCCCC. The van der Waals surface area contributed by atoms with Crippen molar-refractivity contribution in [2.75, 3.05) is 13.2 Å². The summed E-state index contributed by atoms with van der Waals surface area (Å²) >= 11 is 0. The minimum absolute atomic E-state index is 0.00878. The lowest BCUT2D eigenvalue weighted by atomic mass is 10.0. The molecule has 1 amide bonds. The second-order valence-electron chi connectivity index (χ2n) is 29.5. The highest BCUT2D eigenvalue weighted by atomic mass is 16.5. The van der Waals surface area contributed by atoms with Crippen molar-refractivity contribution < 1.29 is 24.5 Å². The number of carbonyl (C=O) groups excluding carboxylic acids is 2. The normalized spacial score (nSPS) is 12.6. The Morgan fingerprint density at radius 1 is 0.301 bits per heavy atom. The lowest BCUT2D eigenvalue weighted by molar-refractivity contribution is -0.143. The molecule has 0 rings (SSSR count). The van der Waals surface area contributed by atoms with Crippen molar-refractivity contribution in [3.8, 4) is 0 Å². The summed E-state index contributed by atoms with van der Waals surface area (Å²) in [7, 11) is 0. The maximum Gasteiger partial charge on any atom is 0.305 e. The molecule has 0 aromatic heterocycles. The number of unbranched alkanes of at least 4 members (excludes halogenated alkanes) is 64. The summed E-state index contributed by atoms with van der Waals surface area (Å²) in [5, 5.41) is 23.5. The highest BCUT2D eigenvalue weighted by Crippen LogP contribution is 2.20. The summed E-state index contributed by atoms with van der Waals surface area (Å²) in [4.78, 5) is 24.7. The van der Waals surface area contributed by atoms with Crippen LogP contribution in [0, 0.1) is 0 Å². The maximum atomic E-state index is 12.6. The van der Waals surface area contributed by atoms with Gasteiger partial charge in [0.1, 0.15) is 0 Å². The molecule has 0 spiro atoms. The Hall–Kier alpha value is -1.92. The number of carbonyl (C=O) groups is 2.